The van der Waals surface area contributed by atoms with E-state index in [2.05, 4.69) is 27.7 Å². The Morgan fingerprint density at radius 1 is 0.773 bits per heavy atom. The van der Waals surface area contributed by atoms with E-state index in [1.54, 1.807) is 0 Å². The zero-order valence-electron chi connectivity index (χ0n) is 14.9. The van der Waals surface area contributed by atoms with Crippen molar-refractivity contribution >= 4 is 10.1 Å². The summed E-state index contributed by atoms with van der Waals surface area (Å²) in [5.74, 6) is -0.268. The van der Waals surface area contributed by atoms with Gasteiger partial charge in [-0.1, -0.05) is 25.7 Å². The van der Waals surface area contributed by atoms with Crippen LogP contribution in [0.3, 0.4) is 0 Å². The third-order valence-electron chi connectivity index (χ3n) is 4.46. The highest BCUT2D eigenvalue weighted by Gasteiger charge is 2.16. The Morgan fingerprint density at radius 3 is 1.41 bits per heavy atom. The molecule has 0 saturated heterocycles. The summed E-state index contributed by atoms with van der Waals surface area (Å²) in [7, 11) is -4.03. The van der Waals surface area contributed by atoms with Gasteiger partial charge >= 0.3 is 0 Å². The van der Waals surface area contributed by atoms with Crippen LogP contribution in [0.2, 0.25) is 0 Å². The second-order valence-corrected chi connectivity index (χ2v) is 7.20. The number of halogens is 1. The predicted octanol–water partition coefficient (Wildman–Crippen LogP) is 3.72. The van der Waals surface area contributed by atoms with Crippen molar-refractivity contribution in [2.45, 2.75) is 66.2 Å². The molecule has 6 heteroatoms. The van der Waals surface area contributed by atoms with Crippen LogP contribution in [0.5, 0.6) is 0 Å². The summed E-state index contributed by atoms with van der Waals surface area (Å²) >= 11 is 0. The SMILES string of the molecule is CC[N+](CC)(CC)CC.O=S(=O)([O-])CCCCCCCCF. The molecule has 0 unspecified atom stereocenters. The monoisotopic (exact) mass is 341 g/mol. The van der Waals surface area contributed by atoms with E-state index in [-0.39, 0.29) is 12.4 Å². The van der Waals surface area contributed by atoms with E-state index in [1.807, 2.05) is 0 Å². The van der Waals surface area contributed by atoms with Crippen molar-refractivity contribution in [3.05, 3.63) is 0 Å². The second kappa shape index (κ2) is 14.4. The molecule has 0 atom stereocenters. The number of rotatable bonds is 12. The third-order valence-corrected chi connectivity index (χ3v) is 5.25. The van der Waals surface area contributed by atoms with Gasteiger partial charge in [0.25, 0.3) is 0 Å². The Balaban J connectivity index is 0. The lowest BCUT2D eigenvalue weighted by molar-refractivity contribution is -0.921. The lowest BCUT2D eigenvalue weighted by Crippen LogP contribution is -2.47. The molecular weight excluding hydrogens is 305 g/mol. The van der Waals surface area contributed by atoms with Gasteiger partial charge in [0.1, 0.15) is 0 Å². The maximum Gasteiger partial charge on any atom is 0.0945 e. The summed E-state index contributed by atoms with van der Waals surface area (Å²) < 4.78 is 43.4. The van der Waals surface area contributed by atoms with Crippen LogP contribution in [-0.4, -0.2) is 56.1 Å². The van der Waals surface area contributed by atoms with Crippen LogP contribution in [0.25, 0.3) is 0 Å². The van der Waals surface area contributed by atoms with Crippen LogP contribution in [-0.2, 0) is 10.1 Å². The molecule has 0 heterocycles. The first-order chi connectivity index (χ1) is 10.3. The van der Waals surface area contributed by atoms with Crippen molar-refractivity contribution in [1.82, 2.24) is 0 Å². The van der Waals surface area contributed by atoms with E-state index in [1.165, 1.54) is 30.7 Å². The summed E-state index contributed by atoms with van der Waals surface area (Å²) in [6, 6.07) is 0. The number of quaternary nitrogens is 1. The molecule has 0 aromatic heterocycles. The predicted molar refractivity (Wildman–Crippen MR) is 90.7 cm³/mol. The molecule has 0 rings (SSSR count). The minimum atomic E-state index is -4.03. The van der Waals surface area contributed by atoms with E-state index in [4.69, 9.17) is 0 Å². The first kappa shape index (κ1) is 24.1. The van der Waals surface area contributed by atoms with Crippen LogP contribution >= 0.6 is 0 Å². The van der Waals surface area contributed by atoms with E-state index >= 15 is 0 Å². The number of nitrogens with zero attached hydrogens (tertiary/aromatic N) is 1. The topological polar surface area (TPSA) is 57.2 Å². The maximum atomic E-state index is 11.6. The zero-order valence-corrected chi connectivity index (χ0v) is 15.8. The highest BCUT2D eigenvalue weighted by molar-refractivity contribution is 7.85. The molecule has 0 aliphatic rings. The van der Waals surface area contributed by atoms with Crippen molar-refractivity contribution in [2.75, 3.05) is 38.6 Å². The van der Waals surface area contributed by atoms with Crippen LogP contribution < -0.4 is 0 Å². The van der Waals surface area contributed by atoms with Crippen molar-refractivity contribution in [2.24, 2.45) is 0 Å². The van der Waals surface area contributed by atoms with Gasteiger partial charge in [-0.15, -0.1) is 0 Å². The third kappa shape index (κ3) is 14.7. The molecule has 0 aliphatic carbocycles. The Labute approximate surface area is 137 Å². The summed E-state index contributed by atoms with van der Waals surface area (Å²) in [5, 5.41) is 0. The summed E-state index contributed by atoms with van der Waals surface area (Å²) in [6.45, 7) is 13.9. The van der Waals surface area contributed by atoms with Crippen LogP contribution in [0.1, 0.15) is 66.2 Å². The number of unbranched alkanes of at least 4 members (excludes halogenated alkanes) is 5. The Kier molecular flexibility index (Phi) is 15.7. The molecule has 0 fully saturated rings. The fourth-order valence-corrected chi connectivity index (χ4v) is 2.98. The second-order valence-electron chi connectivity index (χ2n) is 5.68. The van der Waals surface area contributed by atoms with E-state index < -0.39 is 10.1 Å². The molecular formula is C16H36FNO3S. The average Bonchev–Trinajstić information content (AvgIpc) is 2.49. The van der Waals surface area contributed by atoms with Crippen molar-refractivity contribution in [3.63, 3.8) is 0 Å². The van der Waals surface area contributed by atoms with Crippen molar-refractivity contribution in [3.8, 4) is 0 Å². The van der Waals surface area contributed by atoms with Gasteiger partial charge < -0.3 is 9.04 Å². The number of hydrogen-bond donors (Lipinski definition) is 0. The quantitative estimate of drug-likeness (QED) is 0.309. The molecule has 0 N–H and O–H groups in total. The number of hydrogen-bond acceptors (Lipinski definition) is 3. The van der Waals surface area contributed by atoms with Gasteiger partial charge in [-0.25, -0.2) is 8.42 Å². The van der Waals surface area contributed by atoms with Crippen molar-refractivity contribution < 1.29 is 21.8 Å². The Hall–Kier alpha value is -0.200. The van der Waals surface area contributed by atoms with E-state index in [0.29, 0.717) is 12.8 Å². The first-order valence-electron chi connectivity index (χ1n) is 8.65. The molecule has 0 aliphatic heterocycles. The van der Waals surface area contributed by atoms with Gasteiger partial charge in [-0.05, 0) is 40.5 Å². The molecule has 0 aromatic rings. The maximum absolute atomic E-state index is 11.6. The molecule has 0 bridgehead atoms. The highest BCUT2D eigenvalue weighted by atomic mass is 32.2. The molecule has 22 heavy (non-hydrogen) atoms. The highest BCUT2D eigenvalue weighted by Crippen LogP contribution is 2.06. The van der Waals surface area contributed by atoms with Crippen LogP contribution in [0.4, 0.5) is 4.39 Å². The number of alkyl halides is 1. The van der Waals surface area contributed by atoms with Crippen LogP contribution in [0, 0.1) is 0 Å². The summed E-state index contributed by atoms with van der Waals surface area (Å²) in [6.07, 6.45) is 4.41. The molecule has 0 aromatic carbocycles. The van der Waals surface area contributed by atoms with Crippen molar-refractivity contribution in [1.29, 1.82) is 0 Å². The summed E-state index contributed by atoms with van der Waals surface area (Å²) in [5.41, 5.74) is 0. The van der Waals surface area contributed by atoms with E-state index in [9.17, 15) is 17.4 Å². The normalized spacial score (nSPS) is 11.9. The molecule has 0 radical (unpaired) electrons. The zero-order chi connectivity index (χ0) is 17.5. The molecule has 0 saturated carbocycles. The van der Waals surface area contributed by atoms with Gasteiger partial charge in [0.2, 0.25) is 0 Å². The minimum Gasteiger partial charge on any atom is -0.748 e. The van der Waals surface area contributed by atoms with E-state index in [0.717, 1.165) is 25.7 Å². The Morgan fingerprint density at radius 2 is 1.14 bits per heavy atom. The summed E-state index contributed by atoms with van der Waals surface area (Å²) in [4.78, 5) is 0. The molecule has 0 spiro atoms. The van der Waals surface area contributed by atoms with Gasteiger partial charge in [-0.2, -0.15) is 0 Å². The molecule has 0 amide bonds. The van der Waals surface area contributed by atoms with Gasteiger partial charge in [0.15, 0.2) is 0 Å². The van der Waals surface area contributed by atoms with Crippen LogP contribution in [0.15, 0.2) is 0 Å². The molecule has 4 nitrogen and oxygen atoms in total. The lowest BCUT2D eigenvalue weighted by atomic mass is 10.1. The standard InChI is InChI=1S/C8H17FO3S.C8H20N/c9-7-5-3-1-2-4-6-8-13(10,11)12;1-5-9(6-2,7-3)8-4/h1-8H2,(H,10,11,12);5-8H2,1-4H3/q;+1/p-1. The lowest BCUT2D eigenvalue weighted by Gasteiger charge is -2.34. The fourth-order valence-electron chi connectivity index (χ4n) is 2.42. The Bertz CT molecular complexity index is 313. The van der Waals surface area contributed by atoms with Gasteiger partial charge in [-0.3, -0.25) is 4.39 Å². The molecule has 136 valence electrons. The van der Waals surface area contributed by atoms with Gasteiger partial charge in [0, 0.05) is 5.75 Å². The smallest absolute Gasteiger partial charge is 0.0945 e. The minimum absolute atomic E-state index is 0.268. The van der Waals surface area contributed by atoms with Gasteiger partial charge in [0.05, 0.1) is 43.0 Å². The first-order valence-corrected chi connectivity index (χ1v) is 10.2. The largest absolute Gasteiger partial charge is 0.748 e. The fraction of sp³-hybridized carbons (Fsp3) is 1.00. The average molecular weight is 342 g/mol.